The maximum atomic E-state index is 13.7. The third-order valence-corrected chi connectivity index (χ3v) is 5.39. The molecule has 1 aliphatic rings. The summed E-state index contributed by atoms with van der Waals surface area (Å²) in [4.78, 5) is 8.08. The van der Waals surface area contributed by atoms with Crippen LogP contribution in [0.4, 0.5) is 10.2 Å². The summed E-state index contributed by atoms with van der Waals surface area (Å²) >= 11 is 0. The van der Waals surface area contributed by atoms with Crippen LogP contribution in [-0.2, 0) is 0 Å². The SMILES string of the molecule is Nc1c(-n2ccc3ccc(F)cc32)cnn1-c1ccc2nc(C3CC3)[nH]c2c1. The third kappa shape index (κ3) is 2.26. The van der Waals surface area contributed by atoms with E-state index in [1.54, 1.807) is 16.9 Å². The molecule has 6 rings (SSSR count). The molecule has 1 aliphatic carbocycles. The molecule has 0 unspecified atom stereocenters. The smallest absolute Gasteiger partial charge is 0.151 e. The molecule has 28 heavy (non-hydrogen) atoms. The summed E-state index contributed by atoms with van der Waals surface area (Å²) in [5, 5.41) is 5.42. The number of nitrogen functional groups attached to an aromatic ring is 1. The Morgan fingerprint density at radius 1 is 1.11 bits per heavy atom. The second-order valence-electron chi connectivity index (χ2n) is 7.31. The molecule has 0 amide bonds. The summed E-state index contributed by atoms with van der Waals surface area (Å²) in [7, 11) is 0. The van der Waals surface area contributed by atoms with Crippen LogP contribution in [0, 0.1) is 5.82 Å². The molecule has 3 N–H and O–H groups in total. The van der Waals surface area contributed by atoms with Gasteiger partial charge in [0, 0.05) is 17.5 Å². The van der Waals surface area contributed by atoms with E-state index >= 15 is 0 Å². The van der Waals surface area contributed by atoms with Gasteiger partial charge in [-0.15, -0.1) is 0 Å². The van der Waals surface area contributed by atoms with Gasteiger partial charge in [-0.05, 0) is 55.3 Å². The molecule has 138 valence electrons. The Balaban J connectivity index is 1.46. The van der Waals surface area contributed by atoms with Crippen LogP contribution in [0.15, 0.2) is 54.9 Å². The first-order valence-corrected chi connectivity index (χ1v) is 9.28. The number of halogens is 1. The molecular weight excluding hydrogens is 355 g/mol. The van der Waals surface area contributed by atoms with Crippen molar-refractivity contribution >= 4 is 27.8 Å². The Hall–Kier alpha value is -3.61. The van der Waals surface area contributed by atoms with Gasteiger partial charge in [-0.25, -0.2) is 14.1 Å². The first kappa shape index (κ1) is 15.4. The summed E-state index contributed by atoms with van der Waals surface area (Å²) in [5.74, 6) is 1.83. The van der Waals surface area contributed by atoms with E-state index in [1.165, 1.54) is 25.0 Å². The van der Waals surface area contributed by atoms with E-state index in [1.807, 2.05) is 35.0 Å². The number of anilines is 1. The average molecular weight is 372 g/mol. The number of aromatic nitrogens is 5. The lowest BCUT2D eigenvalue weighted by Gasteiger charge is -2.07. The molecule has 0 atom stereocenters. The number of H-pyrrole nitrogens is 1. The molecule has 0 aliphatic heterocycles. The van der Waals surface area contributed by atoms with Crippen molar-refractivity contribution in [3.8, 4) is 11.4 Å². The number of nitrogens with zero attached hydrogens (tertiary/aromatic N) is 4. The van der Waals surface area contributed by atoms with Gasteiger partial charge in [0.25, 0.3) is 0 Å². The number of fused-ring (bicyclic) bond motifs is 2. The quantitative estimate of drug-likeness (QED) is 0.496. The van der Waals surface area contributed by atoms with E-state index in [9.17, 15) is 4.39 Å². The second kappa shape index (κ2) is 5.45. The fraction of sp³-hybridized carbons (Fsp3) is 0.143. The summed E-state index contributed by atoms with van der Waals surface area (Å²) in [5.41, 5.74) is 10.7. The summed E-state index contributed by atoms with van der Waals surface area (Å²) in [6, 6.07) is 12.6. The van der Waals surface area contributed by atoms with Gasteiger partial charge in [-0.2, -0.15) is 5.10 Å². The number of nitrogens with one attached hydrogen (secondary N) is 1. The van der Waals surface area contributed by atoms with Gasteiger partial charge in [-0.3, -0.25) is 0 Å². The summed E-state index contributed by atoms with van der Waals surface area (Å²) in [6.45, 7) is 0. The molecule has 3 heterocycles. The first-order chi connectivity index (χ1) is 13.7. The lowest BCUT2D eigenvalue weighted by Crippen LogP contribution is -2.04. The predicted molar refractivity (Wildman–Crippen MR) is 106 cm³/mol. The number of imidazole rings is 1. The van der Waals surface area contributed by atoms with Gasteiger partial charge >= 0.3 is 0 Å². The predicted octanol–water partition coefficient (Wildman–Crippen LogP) is 4.29. The Bertz CT molecular complexity index is 1350. The van der Waals surface area contributed by atoms with Crippen molar-refractivity contribution in [2.75, 3.05) is 5.73 Å². The van der Waals surface area contributed by atoms with Gasteiger partial charge in [-0.1, -0.05) is 0 Å². The van der Waals surface area contributed by atoms with Crippen LogP contribution in [0.3, 0.4) is 0 Å². The highest BCUT2D eigenvalue weighted by molar-refractivity contribution is 5.83. The van der Waals surface area contributed by atoms with E-state index in [-0.39, 0.29) is 5.82 Å². The van der Waals surface area contributed by atoms with Gasteiger partial charge in [0.15, 0.2) is 5.82 Å². The fourth-order valence-electron chi connectivity index (χ4n) is 3.75. The topological polar surface area (TPSA) is 77.5 Å². The zero-order chi connectivity index (χ0) is 18.8. The minimum atomic E-state index is -0.283. The van der Waals surface area contributed by atoms with Gasteiger partial charge in [0.05, 0.1) is 28.4 Å². The molecule has 3 aromatic heterocycles. The highest BCUT2D eigenvalue weighted by Crippen LogP contribution is 2.39. The second-order valence-corrected chi connectivity index (χ2v) is 7.31. The third-order valence-electron chi connectivity index (χ3n) is 5.39. The van der Waals surface area contributed by atoms with Crippen molar-refractivity contribution in [3.63, 3.8) is 0 Å². The number of hydrogen-bond acceptors (Lipinski definition) is 3. The minimum absolute atomic E-state index is 0.283. The lowest BCUT2D eigenvalue weighted by atomic mass is 10.2. The van der Waals surface area contributed by atoms with Crippen LogP contribution in [-0.4, -0.2) is 24.3 Å². The lowest BCUT2D eigenvalue weighted by molar-refractivity contribution is 0.629. The molecule has 5 aromatic rings. The molecular formula is C21H17FN6. The summed E-state index contributed by atoms with van der Waals surface area (Å²) in [6.07, 6.45) is 5.98. The normalized spacial score (nSPS) is 14.3. The van der Waals surface area contributed by atoms with Crippen molar-refractivity contribution < 1.29 is 4.39 Å². The van der Waals surface area contributed by atoms with Crippen molar-refractivity contribution in [2.45, 2.75) is 18.8 Å². The number of rotatable bonds is 3. The maximum Gasteiger partial charge on any atom is 0.151 e. The molecule has 0 radical (unpaired) electrons. The monoisotopic (exact) mass is 372 g/mol. The van der Waals surface area contributed by atoms with Gasteiger partial charge < -0.3 is 15.3 Å². The van der Waals surface area contributed by atoms with Crippen molar-refractivity contribution in [3.05, 3.63) is 66.5 Å². The molecule has 6 nitrogen and oxygen atoms in total. The molecule has 0 spiro atoms. The van der Waals surface area contributed by atoms with Crippen LogP contribution in [0.2, 0.25) is 0 Å². The van der Waals surface area contributed by atoms with Crippen LogP contribution in [0.1, 0.15) is 24.6 Å². The highest BCUT2D eigenvalue weighted by Gasteiger charge is 2.26. The van der Waals surface area contributed by atoms with Crippen LogP contribution in [0.5, 0.6) is 0 Å². The number of aromatic amines is 1. The molecule has 2 aromatic carbocycles. The van der Waals surface area contributed by atoms with Crippen LogP contribution < -0.4 is 5.73 Å². The van der Waals surface area contributed by atoms with Crippen molar-refractivity contribution in [1.82, 2.24) is 24.3 Å². The molecule has 7 heteroatoms. The molecule has 1 fully saturated rings. The van der Waals surface area contributed by atoms with Crippen LogP contribution in [0.25, 0.3) is 33.3 Å². The maximum absolute atomic E-state index is 13.7. The van der Waals surface area contributed by atoms with Crippen molar-refractivity contribution in [2.24, 2.45) is 0 Å². The Labute approximate surface area is 159 Å². The Kier molecular flexibility index (Phi) is 3.01. The summed E-state index contributed by atoms with van der Waals surface area (Å²) < 4.78 is 17.3. The van der Waals surface area contributed by atoms with E-state index in [4.69, 9.17) is 5.73 Å². The number of hydrogen-bond donors (Lipinski definition) is 2. The Morgan fingerprint density at radius 2 is 2.00 bits per heavy atom. The van der Waals surface area contributed by atoms with Crippen molar-refractivity contribution in [1.29, 1.82) is 0 Å². The first-order valence-electron chi connectivity index (χ1n) is 9.28. The fourth-order valence-corrected chi connectivity index (χ4v) is 3.75. The minimum Gasteiger partial charge on any atom is -0.382 e. The van der Waals surface area contributed by atoms with E-state index in [0.717, 1.165) is 33.4 Å². The Morgan fingerprint density at radius 3 is 2.86 bits per heavy atom. The molecule has 0 saturated heterocycles. The number of nitrogens with two attached hydrogens (primary N) is 1. The molecule has 1 saturated carbocycles. The van der Waals surface area contributed by atoms with E-state index < -0.39 is 0 Å². The van der Waals surface area contributed by atoms with E-state index in [2.05, 4.69) is 15.1 Å². The van der Waals surface area contributed by atoms with Gasteiger partial charge in [0.2, 0.25) is 0 Å². The van der Waals surface area contributed by atoms with Gasteiger partial charge in [0.1, 0.15) is 17.3 Å². The molecule has 0 bridgehead atoms. The number of benzene rings is 2. The van der Waals surface area contributed by atoms with Crippen LogP contribution >= 0.6 is 0 Å². The zero-order valence-electron chi connectivity index (χ0n) is 14.9. The standard InChI is InChI=1S/C21H17FN6/c22-14-4-3-12-7-8-27(18(12)9-14)19-11-24-28(20(19)23)15-5-6-16-17(10-15)26-21(25-16)13-1-2-13/h3-11,13H,1-2,23H2,(H,25,26). The average Bonchev–Trinajstić information content (AvgIpc) is 3.16. The zero-order valence-corrected chi connectivity index (χ0v) is 14.9. The van der Waals surface area contributed by atoms with E-state index in [0.29, 0.717) is 17.4 Å². The highest BCUT2D eigenvalue weighted by atomic mass is 19.1. The largest absolute Gasteiger partial charge is 0.382 e.